The zero-order valence-corrected chi connectivity index (χ0v) is 18.1. The van der Waals surface area contributed by atoms with E-state index in [0.29, 0.717) is 42.7 Å². The molecule has 9 heteroatoms. The smallest absolute Gasteiger partial charge is 0.243 e. The van der Waals surface area contributed by atoms with Crippen molar-refractivity contribution in [3.63, 3.8) is 0 Å². The fourth-order valence-corrected chi connectivity index (χ4v) is 5.48. The van der Waals surface area contributed by atoms with Crippen LogP contribution in [0.5, 0.6) is 0 Å². The molecule has 162 valence electrons. The normalized spacial score (nSPS) is 15.1. The first-order chi connectivity index (χ1) is 15.6. The molecule has 0 atom stereocenters. The number of pyridine rings is 1. The van der Waals surface area contributed by atoms with Crippen LogP contribution in [0.25, 0.3) is 10.8 Å². The van der Waals surface area contributed by atoms with Gasteiger partial charge in [0, 0.05) is 37.8 Å². The monoisotopic (exact) mass is 446 g/mol. The molecule has 0 unspecified atom stereocenters. The van der Waals surface area contributed by atoms with Gasteiger partial charge in [0.2, 0.25) is 10.0 Å². The van der Waals surface area contributed by atoms with Crippen LogP contribution in [0.3, 0.4) is 0 Å². The lowest BCUT2D eigenvalue weighted by Crippen LogP contribution is -2.49. The van der Waals surface area contributed by atoms with Gasteiger partial charge >= 0.3 is 0 Å². The molecule has 2 aromatic heterocycles. The zero-order valence-electron chi connectivity index (χ0n) is 17.3. The first kappa shape index (κ1) is 20.3. The minimum Gasteiger partial charge on any atom is -0.352 e. The first-order valence-electron chi connectivity index (χ1n) is 10.4. The van der Waals surface area contributed by atoms with Gasteiger partial charge in [-0.3, -0.25) is 0 Å². The molecule has 1 aliphatic heterocycles. The largest absolute Gasteiger partial charge is 0.352 e. The van der Waals surface area contributed by atoms with E-state index >= 15 is 0 Å². The van der Waals surface area contributed by atoms with Crippen LogP contribution < -0.4 is 10.2 Å². The lowest BCUT2D eigenvalue weighted by Gasteiger charge is -2.34. The average molecular weight is 447 g/mol. The molecular weight excluding hydrogens is 424 g/mol. The van der Waals surface area contributed by atoms with Gasteiger partial charge in [-0.05, 0) is 35.7 Å². The summed E-state index contributed by atoms with van der Waals surface area (Å²) in [5, 5.41) is 13.3. The van der Waals surface area contributed by atoms with Crippen LogP contribution in [0.4, 0.5) is 17.5 Å². The molecular formula is C23H22N6O2S. The van der Waals surface area contributed by atoms with Gasteiger partial charge in [0.05, 0.1) is 4.90 Å². The fraction of sp³-hybridized carbons (Fsp3) is 0.174. The van der Waals surface area contributed by atoms with E-state index in [9.17, 15) is 8.42 Å². The maximum Gasteiger partial charge on any atom is 0.243 e. The number of hydrogen-bond acceptors (Lipinski definition) is 7. The van der Waals surface area contributed by atoms with Gasteiger partial charge in [0.15, 0.2) is 11.6 Å². The Labute approximate surface area is 186 Å². The molecule has 3 heterocycles. The van der Waals surface area contributed by atoms with Crippen molar-refractivity contribution in [3.8, 4) is 0 Å². The molecule has 1 saturated heterocycles. The Bertz CT molecular complexity index is 1320. The highest BCUT2D eigenvalue weighted by Crippen LogP contribution is 2.27. The maximum absolute atomic E-state index is 13.3. The zero-order chi connectivity index (χ0) is 22.0. The first-order valence-corrected chi connectivity index (χ1v) is 11.8. The number of nitrogens with zero attached hydrogens (tertiary/aromatic N) is 5. The third-order valence-corrected chi connectivity index (χ3v) is 7.46. The molecule has 4 aromatic rings. The van der Waals surface area contributed by atoms with Crippen molar-refractivity contribution >= 4 is 38.2 Å². The van der Waals surface area contributed by atoms with E-state index in [-0.39, 0.29) is 0 Å². The highest BCUT2D eigenvalue weighted by atomic mass is 32.2. The molecule has 0 bridgehead atoms. The van der Waals surface area contributed by atoms with Gasteiger partial charge in [-0.15, -0.1) is 10.2 Å². The number of piperazine rings is 1. The van der Waals surface area contributed by atoms with E-state index in [2.05, 4.69) is 20.5 Å². The summed E-state index contributed by atoms with van der Waals surface area (Å²) >= 11 is 0. The van der Waals surface area contributed by atoms with Gasteiger partial charge < -0.3 is 10.2 Å². The van der Waals surface area contributed by atoms with Crippen molar-refractivity contribution in [3.05, 3.63) is 79.0 Å². The molecule has 1 fully saturated rings. The minimum absolute atomic E-state index is 0.355. The minimum atomic E-state index is -3.58. The molecule has 2 aromatic carbocycles. The Morgan fingerprint density at radius 2 is 1.53 bits per heavy atom. The predicted octanol–water partition coefficient (Wildman–Crippen LogP) is 3.28. The lowest BCUT2D eigenvalue weighted by atomic mass is 10.1. The number of hydrogen-bond donors (Lipinski definition) is 1. The number of fused-ring (bicyclic) bond motifs is 1. The van der Waals surface area contributed by atoms with E-state index in [0.717, 1.165) is 16.6 Å². The Kier molecular flexibility index (Phi) is 5.42. The number of benzene rings is 2. The van der Waals surface area contributed by atoms with Gasteiger partial charge in [-0.1, -0.05) is 42.5 Å². The SMILES string of the molecule is O=S(=O)(c1cccc2ccccc12)N1CCN(c2ccc(Nc3ccccn3)nn2)CC1. The number of anilines is 3. The van der Waals surface area contributed by atoms with Crippen LogP contribution in [0.2, 0.25) is 0 Å². The highest BCUT2D eigenvalue weighted by Gasteiger charge is 2.30. The maximum atomic E-state index is 13.3. The summed E-state index contributed by atoms with van der Waals surface area (Å²) in [6.07, 6.45) is 1.70. The van der Waals surface area contributed by atoms with Gasteiger partial charge in [-0.2, -0.15) is 4.31 Å². The third kappa shape index (κ3) is 4.00. The standard InChI is InChI=1S/C23H22N6O2S/c30-32(31,20-9-5-7-18-6-1-2-8-19(18)20)29-16-14-28(15-17-29)23-12-11-22(26-27-23)25-21-10-3-4-13-24-21/h1-13H,14-17H2,(H,24,25,26). The summed E-state index contributed by atoms with van der Waals surface area (Å²) < 4.78 is 28.2. The van der Waals surface area contributed by atoms with Crippen molar-refractivity contribution < 1.29 is 8.42 Å². The van der Waals surface area contributed by atoms with Gasteiger partial charge in [0.1, 0.15) is 5.82 Å². The Balaban J connectivity index is 1.27. The molecule has 1 aliphatic rings. The van der Waals surface area contributed by atoms with Crippen LogP contribution in [-0.2, 0) is 10.0 Å². The fourth-order valence-electron chi connectivity index (χ4n) is 3.85. The van der Waals surface area contributed by atoms with Crippen LogP contribution in [0, 0.1) is 0 Å². The van der Waals surface area contributed by atoms with E-state index in [4.69, 9.17) is 0 Å². The van der Waals surface area contributed by atoms with Crippen LogP contribution in [-0.4, -0.2) is 54.1 Å². The number of aromatic nitrogens is 3. The second kappa shape index (κ2) is 8.52. The van der Waals surface area contributed by atoms with E-state index in [1.807, 2.05) is 65.6 Å². The molecule has 0 spiro atoms. The Morgan fingerprint density at radius 3 is 2.28 bits per heavy atom. The molecule has 32 heavy (non-hydrogen) atoms. The van der Waals surface area contributed by atoms with Crippen molar-refractivity contribution in [1.82, 2.24) is 19.5 Å². The molecule has 5 rings (SSSR count). The lowest BCUT2D eigenvalue weighted by molar-refractivity contribution is 0.384. The number of nitrogens with one attached hydrogen (secondary N) is 1. The highest BCUT2D eigenvalue weighted by molar-refractivity contribution is 7.89. The molecule has 0 aliphatic carbocycles. The third-order valence-electron chi connectivity index (χ3n) is 5.50. The van der Waals surface area contributed by atoms with Crippen LogP contribution in [0.15, 0.2) is 83.9 Å². The quantitative estimate of drug-likeness (QED) is 0.503. The predicted molar refractivity (Wildman–Crippen MR) is 124 cm³/mol. The Hall–Kier alpha value is -3.56. The summed E-state index contributed by atoms with van der Waals surface area (Å²) in [6, 6.07) is 22.3. The van der Waals surface area contributed by atoms with E-state index < -0.39 is 10.0 Å². The molecule has 1 N–H and O–H groups in total. The van der Waals surface area contributed by atoms with E-state index in [1.54, 1.807) is 22.6 Å². The second-order valence-electron chi connectivity index (χ2n) is 7.49. The summed E-state index contributed by atoms with van der Waals surface area (Å²) in [4.78, 5) is 6.61. The topological polar surface area (TPSA) is 91.3 Å². The summed E-state index contributed by atoms with van der Waals surface area (Å²) in [7, 11) is -3.58. The molecule has 8 nitrogen and oxygen atoms in total. The summed E-state index contributed by atoms with van der Waals surface area (Å²) in [5.74, 6) is 2.02. The van der Waals surface area contributed by atoms with Crippen molar-refractivity contribution in [1.29, 1.82) is 0 Å². The average Bonchev–Trinajstić information content (AvgIpc) is 2.85. The van der Waals surface area contributed by atoms with Gasteiger partial charge in [0.25, 0.3) is 0 Å². The van der Waals surface area contributed by atoms with Crippen molar-refractivity contribution in [2.45, 2.75) is 4.90 Å². The summed E-state index contributed by atoms with van der Waals surface area (Å²) in [6.45, 7) is 1.87. The number of sulfonamides is 1. The van der Waals surface area contributed by atoms with Crippen molar-refractivity contribution in [2.75, 3.05) is 36.4 Å². The molecule has 0 radical (unpaired) electrons. The van der Waals surface area contributed by atoms with Crippen molar-refractivity contribution in [2.24, 2.45) is 0 Å². The molecule has 0 amide bonds. The van der Waals surface area contributed by atoms with E-state index in [1.165, 1.54) is 0 Å². The molecule has 0 saturated carbocycles. The van der Waals surface area contributed by atoms with Crippen LogP contribution >= 0.6 is 0 Å². The Morgan fingerprint density at radius 1 is 0.750 bits per heavy atom. The summed E-state index contributed by atoms with van der Waals surface area (Å²) in [5.41, 5.74) is 0. The second-order valence-corrected chi connectivity index (χ2v) is 9.39. The van der Waals surface area contributed by atoms with Gasteiger partial charge in [-0.25, -0.2) is 13.4 Å². The van der Waals surface area contributed by atoms with Crippen LogP contribution in [0.1, 0.15) is 0 Å². The number of rotatable bonds is 5.